The van der Waals surface area contributed by atoms with Crippen molar-refractivity contribution < 1.29 is 18.3 Å². The van der Waals surface area contributed by atoms with Gasteiger partial charge in [-0.2, -0.15) is 8.42 Å². The first-order valence-electron chi connectivity index (χ1n) is 12.4. The SMILES string of the molecule is CCN(CCO)c1ccc(N=C(C(=O)Nc2cc(Cl)ccc2C)C2=NS(=O)(=O)c3ccccc3N2C)c(C)c1. The monoisotopic (exact) mass is 567 g/mol. The van der Waals surface area contributed by atoms with Crippen molar-refractivity contribution in [3.05, 3.63) is 76.8 Å². The highest BCUT2D eigenvalue weighted by atomic mass is 35.5. The molecular weight excluding hydrogens is 538 g/mol. The zero-order valence-corrected chi connectivity index (χ0v) is 23.7. The van der Waals surface area contributed by atoms with Gasteiger partial charge < -0.3 is 20.2 Å². The first-order valence-corrected chi connectivity index (χ1v) is 14.2. The number of amidine groups is 1. The molecule has 0 aliphatic carbocycles. The first-order chi connectivity index (χ1) is 18.6. The number of benzene rings is 3. The molecule has 0 bridgehead atoms. The molecule has 0 fully saturated rings. The topological polar surface area (TPSA) is 115 Å². The van der Waals surface area contributed by atoms with Crippen molar-refractivity contribution in [1.82, 2.24) is 0 Å². The molecule has 0 saturated heterocycles. The smallest absolute Gasteiger partial charge is 0.286 e. The molecule has 1 amide bonds. The molecule has 1 aliphatic heterocycles. The van der Waals surface area contributed by atoms with E-state index >= 15 is 0 Å². The summed E-state index contributed by atoms with van der Waals surface area (Å²) in [6.45, 7) is 6.86. The van der Waals surface area contributed by atoms with Crippen LogP contribution in [0.3, 0.4) is 0 Å². The van der Waals surface area contributed by atoms with Gasteiger partial charge in [0.05, 0.1) is 18.0 Å². The average Bonchev–Trinajstić information content (AvgIpc) is 2.91. The first kappa shape index (κ1) is 28.3. The van der Waals surface area contributed by atoms with Crippen molar-refractivity contribution in [2.75, 3.05) is 41.9 Å². The number of hydrogen-bond donors (Lipinski definition) is 2. The molecule has 9 nitrogen and oxygen atoms in total. The zero-order valence-electron chi connectivity index (χ0n) is 22.1. The van der Waals surface area contributed by atoms with Crippen LogP contribution in [-0.4, -0.2) is 57.7 Å². The van der Waals surface area contributed by atoms with Crippen molar-refractivity contribution in [1.29, 1.82) is 0 Å². The predicted molar refractivity (Wildman–Crippen MR) is 158 cm³/mol. The van der Waals surface area contributed by atoms with Crippen LogP contribution >= 0.6 is 11.6 Å². The Kier molecular flexibility index (Phi) is 8.39. The number of nitrogens with zero attached hydrogens (tertiary/aromatic N) is 4. The molecular formula is C28H30ClN5O4S. The molecule has 1 aliphatic rings. The van der Waals surface area contributed by atoms with E-state index in [1.807, 2.05) is 37.8 Å². The minimum Gasteiger partial charge on any atom is -0.395 e. The minimum absolute atomic E-state index is 0.0160. The maximum absolute atomic E-state index is 13.7. The summed E-state index contributed by atoms with van der Waals surface area (Å²) in [6, 6.07) is 17.1. The largest absolute Gasteiger partial charge is 0.395 e. The summed E-state index contributed by atoms with van der Waals surface area (Å²) in [6.07, 6.45) is 0. The molecule has 3 aromatic carbocycles. The number of nitrogens with one attached hydrogen (secondary N) is 1. The highest BCUT2D eigenvalue weighted by molar-refractivity contribution is 7.90. The molecule has 1 heterocycles. The number of aryl methyl sites for hydroxylation is 2. The molecule has 0 radical (unpaired) electrons. The van der Waals surface area contributed by atoms with Crippen LogP contribution in [0.25, 0.3) is 0 Å². The Labute approximate surface area is 233 Å². The van der Waals surface area contributed by atoms with E-state index in [-0.39, 0.29) is 23.0 Å². The predicted octanol–water partition coefficient (Wildman–Crippen LogP) is 4.72. The van der Waals surface area contributed by atoms with Gasteiger partial charge in [0.1, 0.15) is 4.90 Å². The van der Waals surface area contributed by atoms with Gasteiger partial charge in [-0.05, 0) is 74.4 Å². The lowest BCUT2D eigenvalue weighted by Gasteiger charge is -2.27. The molecule has 2 N–H and O–H groups in total. The zero-order chi connectivity index (χ0) is 28.3. The van der Waals surface area contributed by atoms with Crippen molar-refractivity contribution >= 4 is 61.8 Å². The van der Waals surface area contributed by atoms with Crippen molar-refractivity contribution in [2.45, 2.75) is 25.7 Å². The summed E-state index contributed by atoms with van der Waals surface area (Å²) in [5.74, 6) is -0.746. The number of aliphatic imine (C=N–C) groups is 1. The number of hydrogen-bond acceptors (Lipinski definition) is 7. The van der Waals surface area contributed by atoms with Crippen LogP contribution in [-0.2, 0) is 14.8 Å². The van der Waals surface area contributed by atoms with Crippen LogP contribution < -0.4 is 15.1 Å². The van der Waals surface area contributed by atoms with Crippen LogP contribution in [0.15, 0.2) is 74.9 Å². The Morgan fingerprint density at radius 1 is 1.10 bits per heavy atom. The number of fused-ring (bicyclic) bond motifs is 1. The number of aliphatic hydroxyl groups is 1. The number of para-hydroxylation sites is 1. The fourth-order valence-electron chi connectivity index (χ4n) is 4.28. The fourth-order valence-corrected chi connectivity index (χ4v) is 5.71. The number of halogens is 1. The maximum Gasteiger partial charge on any atom is 0.286 e. The molecule has 4 rings (SSSR count). The van der Waals surface area contributed by atoms with E-state index in [4.69, 9.17) is 11.6 Å². The number of aliphatic hydroxyl groups excluding tert-OH is 1. The highest BCUT2D eigenvalue weighted by Gasteiger charge is 2.34. The molecule has 204 valence electrons. The van der Waals surface area contributed by atoms with Gasteiger partial charge in [0, 0.05) is 36.5 Å². The van der Waals surface area contributed by atoms with E-state index in [9.17, 15) is 18.3 Å². The summed E-state index contributed by atoms with van der Waals surface area (Å²) >= 11 is 6.16. The quantitative estimate of drug-likeness (QED) is 0.381. The molecule has 3 aromatic rings. The van der Waals surface area contributed by atoms with E-state index in [0.717, 1.165) is 16.8 Å². The standard InChI is InChI=1S/C28H30ClN5O4S/c1-5-34(14-15-35)21-12-13-22(19(3)16-21)30-26(28(36)31-23-17-20(29)11-10-18(23)2)27-32-39(37,38)25-9-7-6-8-24(25)33(27)4/h6-13,16-17,35H,5,14-15H2,1-4H3,(H,31,36). The number of amides is 1. The third-order valence-corrected chi connectivity index (χ3v) is 7.98. The molecule has 0 saturated carbocycles. The number of sulfonamides is 1. The number of likely N-dealkylation sites (N-methyl/N-ethyl adjacent to an activating group) is 1. The van der Waals surface area contributed by atoms with Crippen molar-refractivity contribution in [3.8, 4) is 0 Å². The van der Waals surface area contributed by atoms with Crippen molar-refractivity contribution in [2.24, 2.45) is 9.39 Å². The second kappa shape index (κ2) is 11.6. The lowest BCUT2D eigenvalue weighted by Crippen LogP contribution is -2.43. The molecule has 0 atom stereocenters. The summed E-state index contributed by atoms with van der Waals surface area (Å²) in [4.78, 5) is 22.0. The average molecular weight is 568 g/mol. The van der Waals surface area contributed by atoms with Gasteiger partial charge in [-0.1, -0.05) is 29.8 Å². The summed E-state index contributed by atoms with van der Waals surface area (Å²) < 4.78 is 30.2. The molecule has 0 spiro atoms. The Morgan fingerprint density at radius 3 is 2.54 bits per heavy atom. The van der Waals surface area contributed by atoms with E-state index in [0.29, 0.717) is 35.2 Å². The van der Waals surface area contributed by atoms with Gasteiger partial charge in [-0.3, -0.25) is 4.79 Å². The van der Waals surface area contributed by atoms with Gasteiger partial charge >= 0.3 is 0 Å². The van der Waals surface area contributed by atoms with Gasteiger partial charge in [0.15, 0.2) is 11.5 Å². The second-order valence-electron chi connectivity index (χ2n) is 9.06. The van der Waals surface area contributed by atoms with Crippen LogP contribution in [0.4, 0.5) is 22.7 Å². The Morgan fingerprint density at radius 2 is 1.85 bits per heavy atom. The number of rotatable bonds is 8. The van der Waals surface area contributed by atoms with Gasteiger partial charge in [-0.25, -0.2) is 4.99 Å². The van der Waals surface area contributed by atoms with Gasteiger partial charge in [-0.15, -0.1) is 4.40 Å². The van der Waals surface area contributed by atoms with Gasteiger partial charge in [0.25, 0.3) is 15.9 Å². The number of anilines is 3. The maximum atomic E-state index is 13.7. The van der Waals surface area contributed by atoms with E-state index in [2.05, 4.69) is 14.7 Å². The highest BCUT2D eigenvalue weighted by Crippen LogP contribution is 2.32. The van der Waals surface area contributed by atoms with E-state index < -0.39 is 15.9 Å². The molecule has 39 heavy (non-hydrogen) atoms. The third-order valence-electron chi connectivity index (χ3n) is 6.43. The second-order valence-corrected chi connectivity index (χ2v) is 11.1. The van der Waals surface area contributed by atoms with Gasteiger partial charge in [0.2, 0.25) is 0 Å². The van der Waals surface area contributed by atoms with Crippen molar-refractivity contribution in [3.63, 3.8) is 0 Å². The van der Waals surface area contributed by atoms with Crippen LogP contribution in [0.5, 0.6) is 0 Å². The lowest BCUT2D eigenvalue weighted by atomic mass is 10.1. The Balaban J connectivity index is 1.85. The molecule has 0 aromatic heterocycles. The normalized spacial score (nSPS) is 14.5. The lowest BCUT2D eigenvalue weighted by molar-refractivity contribution is -0.110. The minimum atomic E-state index is -4.09. The Bertz CT molecular complexity index is 1590. The Hall–Kier alpha value is -3.73. The van der Waals surface area contributed by atoms with E-state index in [1.165, 1.54) is 6.07 Å². The summed E-state index contributed by atoms with van der Waals surface area (Å²) in [5.41, 5.74) is 3.58. The van der Waals surface area contributed by atoms with Crippen LogP contribution in [0.1, 0.15) is 18.1 Å². The third kappa shape index (κ3) is 5.98. The number of carbonyl (C=O) groups is 1. The fraction of sp³-hybridized carbons (Fsp3) is 0.250. The van der Waals surface area contributed by atoms with E-state index in [1.54, 1.807) is 54.4 Å². The van der Waals surface area contributed by atoms with Crippen LogP contribution in [0, 0.1) is 13.8 Å². The summed E-state index contributed by atoms with van der Waals surface area (Å²) in [7, 11) is -2.44. The number of carbonyl (C=O) groups excluding carboxylic acids is 1. The molecule has 0 unspecified atom stereocenters. The summed E-state index contributed by atoms with van der Waals surface area (Å²) in [5, 5.41) is 12.6. The van der Waals surface area contributed by atoms with Crippen LogP contribution in [0.2, 0.25) is 5.02 Å². The molecule has 11 heteroatoms.